The third-order valence-electron chi connectivity index (χ3n) is 5.26. The maximum Gasteiger partial charge on any atom is 0.387 e. The van der Waals surface area contributed by atoms with Crippen LogP contribution in [0.15, 0.2) is 36.4 Å². The third kappa shape index (κ3) is 4.30. The predicted octanol–water partition coefficient (Wildman–Crippen LogP) is 2.40. The number of hydrogen-bond acceptors (Lipinski definition) is 6. The van der Waals surface area contributed by atoms with Gasteiger partial charge in [-0.3, -0.25) is 20.5 Å². The Kier molecular flexibility index (Phi) is 5.59. The van der Waals surface area contributed by atoms with Crippen molar-refractivity contribution in [3.8, 4) is 5.75 Å². The minimum atomic E-state index is -2.89. The molecular formula is C20H23F2N5O2. The number of carbonyl (C=O) groups excluding carboxylic acids is 1. The van der Waals surface area contributed by atoms with E-state index in [1.54, 1.807) is 17.0 Å². The lowest BCUT2D eigenvalue weighted by molar-refractivity contribution is -0.117. The Morgan fingerprint density at radius 3 is 2.76 bits per heavy atom. The van der Waals surface area contributed by atoms with Gasteiger partial charge in [-0.1, -0.05) is 12.1 Å². The largest absolute Gasteiger partial charge is 0.435 e. The number of anilines is 2. The van der Waals surface area contributed by atoms with Crippen molar-refractivity contribution in [1.29, 1.82) is 0 Å². The fourth-order valence-corrected chi connectivity index (χ4v) is 3.83. The van der Waals surface area contributed by atoms with Crippen molar-refractivity contribution in [2.24, 2.45) is 0 Å². The topological polar surface area (TPSA) is 78.5 Å². The number of aromatic nitrogens is 1. The Labute approximate surface area is 167 Å². The molecule has 0 bridgehead atoms. The molecule has 4 rings (SSSR count). The summed E-state index contributed by atoms with van der Waals surface area (Å²) < 4.78 is 29.2. The number of hydrogen-bond donors (Lipinski definition) is 3. The minimum absolute atomic E-state index is 0.0519. The molecule has 0 saturated carbocycles. The number of rotatable bonds is 6. The van der Waals surface area contributed by atoms with Crippen molar-refractivity contribution in [3.05, 3.63) is 47.7 Å². The highest BCUT2D eigenvalue weighted by atomic mass is 19.3. The zero-order valence-electron chi connectivity index (χ0n) is 16.0. The van der Waals surface area contributed by atoms with E-state index in [0.29, 0.717) is 30.4 Å². The molecule has 154 valence electrons. The van der Waals surface area contributed by atoms with Crippen molar-refractivity contribution in [2.75, 3.05) is 29.9 Å². The number of nitrogens with zero attached hydrogens (tertiary/aromatic N) is 2. The molecule has 2 aliphatic heterocycles. The van der Waals surface area contributed by atoms with Crippen LogP contribution in [0.3, 0.4) is 0 Å². The number of nitrogens with one attached hydrogen (secondary N) is 3. The predicted molar refractivity (Wildman–Crippen MR) is 105 cm³/mol. The van der Waals surface area contributed by atoms with Gasteiger partial charge in [-0.2, -0.15) is 8.78 Å². The number of ether oxygens (including phenoxy) is 1. The molecule has 0 spiro atoms. The Morgan fingerprint density at radius 1 is 1.24 bits per heavy atom. The van der Waals surface area contributed by atoms with E-state index in [0.717, 1.165) is 18.8 Å². The standard InChI is InChI=1S/C20H23F2N5O2/c1-12-16(13-10-23-24-11-13)5-6-18(25-12)27-8-7-17(19(27)28)26-14-3-2-4-15(9-14)29-20(21)22/h2-6,9,13,17,20,23-24,26H,7-8,10-11H2,1H3. The van der Waals surface area contributed by atoms with Crippen LogP contribution in [-0.2, 0) is 4.79 Å². The van der Waals surface area contributed by atoms with Gasteiger partial charge in [0.1, 0.15) is 17.6 Å². The quantitative estimate of drug-likeness (QED) is 0.688. The summed E-state index contributed by atoms with van der Waals surface area (Å²) in [5, 5.41) is 3.11. The van der Waals surface area contributed by atoms with Crippen molar-refractivity contribution in [1.82, 2.24) is 15.8 Å². The van der Waals surface area contributed by atoms with Gasteiger partial charge in [-0.15, -0.1) is 0 Å². The first-order chi connectivity index (χ1) is 14.0. The lowest BCUT2D eigenvalue weighted by Crippen LogP contribution is -2.34. The molecule has 2 fully saturated rings. The summed E-state index contributed by atoms with van der Waals surface area (Å²) in [4.78, 5) is 19.2. The first-order valence-electron chi connectivity index (χ1n) is 9.57. The molecule has 29 heavy (non-hydrogen) atoms. The molecule has 2 aliphatic rings. The van der Waals surface area contributed by atoms with Gasteiger partial charge in [0.25, 0.3) is 5.91 Å². The van der Waals surface area contributed by atoms with E-state index >= 15 is 0 Å². The van der Waals surface area contributed by atoms with Crippen LogP contribution in [0, 0.1) is 6.92 Å². The molecule has 1 atom stereocenters. The number of aryl methyl sites for hydroxylation is 1. The van der Waals surface area contributed by atoms with E-state index in [4.69, 9.17) is 0 Å². The maximum absolute atomic E-state index is 12.9. The average molecular weight is 403 g/mol. The van der Waals surface area contributed by atoms with Gasteiger partial charge >= 0.3 is 6.61 Å². The summed E-state index contributed by atoms with van der Waals surface area (Å²) in [7, 11) is 0. The van der Waals surface area contributed by atoms with Gasteiger partial charge in [0.15, 0.2) is 0 Å². The molecular weight excluding hydrogens is 380 g/mol. The fraction of sp³-hybridized carbons (Fsp3) is 0.400. The molecule has 7 nitrogen and oxygen atoms in total. The second-order valence-electron chi connectivity index (χ2n) is 7.18. The number of carbonyl (C=O) groups is 1. The van der Waals surface area contributed by atoms with Gasteiger partial charge in [-0.05, 0) is 37.1 Å². The molecule has 1 aromatic carbocycles. The van der Waals surface area contributed by atoms with E-state index in [9.17, 15) is 13.6 Å². The summed E-state index contributed by atoms with van der Waals surface area (Å²) in [6.45, 7) is 1.32. The lowest BCUT2D eigenvalue weighted by atomic mass is 9.99. The van der Waals surface area contributed by atoms with Gasteiger partial charge in [-0.25, -0.2) is 4.98 Å². The van der Waals surface area contributed by atoms with Crippen LogP contribution >= 0.6 is 0 Å². The second kappa shape index (κ2) is 8.30. The molecule has 9 heteroatoms. The Morgan fingerprint density at radius 2 is 2.03 bits per heavy atom. The van der Waals surface area contributed by atoms with Crippen molar-refractivity contribution >= 4 is 17.4 Å². The smallest absolute Gasteiger partial charge is 0.387 e. The highest BCUT2D eigenvalue weighted by Gasteiger charge is 2.33. The molecule has 3 N–H and O–H groups in total. The second-order valence-corrected chi connectivity index (χ2v) is 7.18. The van der Waals surface area contributed by atoms with E-state index in [1.165, 1.54) is 17.7 Å². The van der Waals surface area contributed by atoms with Gasteiger partial charge in [0.05, 0.1) is 0 Å². The molecule has 1 aromatic heterocycles. The third-order valence-corrected chi connectivity index (χ3v) is 5.26. The van der Waals surface area contributed by atoms with Crippen LogP contribution in [0.1, 0.15) is 23.6 Å². The lowest BCUT2D eigenvalue weighted by Gasteiger charge is -2.19. The zero-order chi connectivity index (χ0) is 20.4. The first-order valence-corrected chi connectivity index (χ1v) is 9.57. The van der Waals surface area contributed by atoms with E-state index in [2.05, 4.69) is 25.9 Å². The number of amides is 1. The van der Waals surface area contributed by atoms with Gasteiger partial charge < -0.3 is 10.1 Å². The highest BCUT2D eigenvalue weighted by molar-refractivity contribution is 6.00. The molecule has 2 aromatic rings. The van der Waals surface area contributed by atoms with Crippen molar-refractivity contribution in [3.63, 3.8) is 0 Å². The van der Waals surface area contributed by atoms with Crippen LogP contribution in [0.25, 0.3) is 0 Å². The highest BCUT2D eigenvalue weighted by Crippen LogP contribution is 2.27. The Hall–Kier alpha value is -2.78. The van der Waals surface area contributed by atoms with Crippen LogP contribution in [0.4, 0.5) is 20.3 Å². The average Bonchev–Trinajstić information content (AvgIpc) is 3.32. The Bertz CT molecular complexity index is 889. The van der Waals surface area contributed by atoms with E-state index < -0.39 is 12.7 Å². The fourth-order valence-electron chi connectivity index (χ4n) is 3.83. The Balaban J connectivity index is 1.44. The number of halogens is 2. The maximum atomic E-state index is 12.9. The molecule has 1 amide bonds. The summed E-state index contributed by atoms with van der Waals surface area (Å²) in [5.74, 6) is 0.960. The molecule has 0 radical (unpaired) electrons. The number of alkyl halides is 2. The summed E-state index contributed by atoms with van der Waals surface area (Å²) in [6.07, 6.45) is 0.595. The van der Waals surface area contributed by atoms with Crippen molar-refractivity contribution < 1.29 is 18.3 Å². The molecule has 3 heterocycles. The summed E-state index contributed by atoms with van der Waals surface area (Å²) in [6, 6.07) is 9.71. The van der Waals surface area contributed by atoms with Gasteiger partial charge in [0, 0.05) is 43.0 Å². The zero-order valence-corrected chi connectivity index (χ0v) is 16.0. The van der Waals surface area contributed by atoms with Gasteiger partial charge in [0.2, 0.25) is 0 Å². The summed E-state index contributed by atoms with van der Waals surface area (Å²) >= 11 is 0. The SMILES string of the molecule is Cc1nc(N2CCC(Nc3cccc(OC(F)F)c3)C2=O)ccc1C1CNNC1. The van der Waals surface area contributed by atoms with Crippen LogP contribution in [-0.4, -0.2) is 43.2 Å². The van der Waals surface area contributed by atoms with Crippen LogP contribution < -0.4 is 25.8 Å². The van der Waals surface area contributed by atoms with Crippen LogP contribution in [0.5, 0.6) is 5.75 Å². The number of pyridine rings is 1. The van der Waals surface area contributed by atoms with E-state index in [1.807, 2.05) is 19.1 Å². The van der Waals surface area contributed by atoms with E-state index in [-0.39, 0.29) is 11.7 Å². The first kappa shape index (κ1) is 19.5. The van der Waals surface area contributed by atoms with Crippen molar-refractivity contribution in [2.45, 2.75) is 31.9 Å². The number of hydrazine groups is 1. The molecule has 2 saturated heterocycles. The normalized spacial score (nSPS) is 19.9. The monoisotopic (exact) mass is 403 g/mol. The summed E-state index contributed by atoms with van der Waals surface area (Å²) in [5.41, 5.74) is 8.88. The minimum Gasteiger partial charge on any atom is -0.435 e. The number of benzene rings is 1. The molecule has 0 aliphatic carbocycles. The van der Waals surface area contributed by atoms with Crippen LogP contribution in [0.2, 0.25) is 0 Å². The molecule has 1 unspecified atom stereocenters.